The Labute approximate surface area is 102 Å². The first-order valence-corrected chi connectivity index (χ1v) is 3.52. The predicted molar refractivity (Wildman–Crippen MR) is 57.7 cm³/mol. The zero-order valence-corrected chi connectivity index (χ0v) is 9.40. The highest BCUT2D eigenvalue weighted by atomic mass is 35.5. The van der Waals surface area contributed by atoms with Crippen molar-refractivity contribution in [1.82, 2.24) is 4.98 Å². The van der Waals surface area contributed by atoms with Gasteiger partial charge < -0.3 is 10.2 Å². The molecule has 1 aromatic rings. The van der Waals surface area contributed by atoms with Gasteiger partial charge in [-0.15, -0.1) is 24.8 Å². The molecule has 0 spiro atoms. The third-order valence-corrected chi connectivity index (χ3v) is 1.45. The Morgan fingerprint density at radius 2 is 1.40 bits per heavy atom. The van der Waals surface area contributed by atoms with E-state index < -0.39 is 11.9 Å². The summed E-state index contributed by atoms with van der Waals surface area (Å²) in [4.78, 5) is 24.2. The number of aromatic carboxylic acids is 2. The predicted octanol–water partition coefficient (Wildman–Crippen LogP) is 1.98. The minimum absolute atomic E-state index is 0. The normalized spacial score (nSPS) is 8.33. The number of hydrogen-bond acceptors (Lipinski definition) is 3. The van der Waals surface area contributed by atoms with Crippen LogP contribution >= 0.6 is 36.4 Å². The second-order valence-corrected chi connectivity index (χ2v) is 2.60. The molecule has 0 fully saturated rings. The Balaban J connectivity index is 0. The number of rotatable bonds is 2. The molecule has 8 heteroatoms. The number of aromatic nitrogens is 1. The number of carboxylic acids is 2. The molecule has 1 rings (SSSR count). The van der Waals surface area contributed by atoms with Gasteiger partial charge in [-0.05, 0) is 12.1 Å². The van der Waals surface area contributed by atoms with Gasteiger partial charge in [-0.1, -0.05) is 11.6 Å². The number of carbonyl (C=O) groups is 2. The van der Waals surface area contributed by atoms with Crippen LogP contribution in [0.2, 0.25) is 5.02 Å². The maximum Gasteiger partial charge on any atom is 0.354 e. The molecule has 0 atom stereocenters. The fraction of sp³-hybridized carbons (Fsp3) is 0. The van der Waals surface area contributed by atoms with E-state index in [0.29, 0.717) is 0 Å². The minimum Gasteiger partial charge on any atom is -0.477 e. The molecule has 0 unspecified atom stereocenters. The number of carboxylic acid groups (broad SMARTS) is 2. The van der Waals surface area contributed by atoms with Crippen LogP contribution < -0.4 is 0 Å². The van der Waals surface area contributed by atoms with Gasteiger partial charge in [0.1, 0.15) is 0 Å². The van der Waals surface area contributed by atoms with Crippen molar-refractivity contribution in [1.29, 1.82) is 0 Å². The average molecular weight is 274 g/mol. The summed E-state index contributed by atoms with van der Waals surface area (Å²) in [7, 11) is 0. The zero-order chi connectivity index (χ0) is 10.0. The Morgan fingerprint density at radius 1 is 1.07 bits per heavy atom. The van der Waals surface area contributed by atoms with E-state index in [1.54, 1.807) is 0 Å². The molecular formula is C7H6Cl3NO4. The molecule has 0 bridgehead atoms. The Kier molecular flexibility index (Phi) is 7.04. The summed E-state index contributed by atoms with van der Waals surface area (Å²) < 4.78 is 0. The molecule has 0 saturated heterocycles. The zero-order valence-electron chi connectivity index (χ0n) is 7.01. The van der Waals surface area contributed by atoms with E-state index in [2.05, 4.69) is 4.98 Å². The van der Waals surface area contributed by atoms with Crippen LogP contribution in [-0.2, 0) is 0 Å². The van der Waals surface area contributed by atoms with Crippen molar-refractivity contribution in [2.75, 3.05) is 0 Å². The third-order valence-electron chi connectivity index (χ3n) is 1.23. The van der Waals surface area contributed by atoms with Crippen LogP contribution in [-0.4, -0.2) is 27.1 Å². The molecule has 0 aliphatic rings. The fourth-order valence-corrected chi connectivity index (χ4v) is 0.923. The lowest BCUT2D eigenvalue weighted by Gasteiger charge is -1.97. The first kappa shape index (κ1) is 16.4. The maximum absolute atomic E-state index is 10.4. The van der Waals surface area contributed by atoms with Crippen LogP contribution in [0, 0.1) is 0 Å². The molecule has 1 heterocycles. The molecule has 0 aliphatic heterocycles. The molecule has 0 amide bonds. The maximum atomic E-state index is 10.4. The molecule has 0 aromatic carbocycles. The Hall–Kier alpha value is -1.04. The number of pyridine rings is 1. The van der Waals surface area contributed by atoms with Crippen LogP contribution in [0.5, 0.6) is 0 Å². The molecule has 84 valence electrons. The third kappa shape index (κ3) is 4.33. The quantitative estimate of drug-likeness (QED) is 0.861. The van der Waals surface area contributed by atoms with Gasteiger partial charge in [-0.3, -0.25) is 0 Å². The fourth-order valence-electron chi connectivity index (χ4n) is 0.716. The topological polar surface area (TPSA) is 87.5 Å². The Morgan fingerprint density at radius 3 is 1.67 bits per heavy atom. The van der Waals surface area contributed by atoms with E-state index in [1.807, 2.05) is 0 Å². The number of halogens is 3. The average Bonchev–Trinajstić information content (AvgIpc) is 2.03. The standard InChI is InChI=1S/C7H4ClNO4.2ClH/c8-3-1-4(6(10)11)9-5(2-3)7(12)13;;/h1-2H,(H,10,11)(H,12,13);2*1H. The molecular weight excluding hydrogens is 268 g/mol. The van der Waals surface area contributed by atoms with Gasteiger partial charge in [-0.2, -0.15) is 0 Å². The van der Waals surface area contributed by atoms with Crippen molar-refractivity contribution < 1.29 is 19.8 Å². The first-order valence-electron chi connectivity index (χ1n) is 3.15. The first-order chi connectivity index (χ1) is 6.00. The van der Waals surface area contributed by atoms with Crippen LogP contribution in [0.1, 0.15) is 21.0 Å². The van der Waals surface area contributed by atoms with E-state index in [0.717, 1.165) is 12.1 Å². The summed E-state index contributed by atoms with van der Waals surface area (Å²) in [5.74, 6) is -2.63. The highest BCUT2D eigenvalue weighted by molar-refractivity contribution is 6.31. The van der Waals surface area contributed by atoms with E-state index >= 15 is 0 Å². The van der Waals surface area contributed by atoms with Crippen LogP contribution in [0.15, 0.2) is 12.1 Å². The van der Waals surface area contributed by atoms with Crippen molar-refractivity contribution in [2.24, 2.45) is 0 Å². The van der Waals surface area contributed by atoms with Gasteiger partial charge >= 0.3 is 11.9 Å². The van der Waals surface area contributed by atoms with E-state index in [-0.39, 0.29) is 41.2 Å². The smallest absolute Gasteiger partial charge is 0.354 e. The molecule has 1 aromatic heterocycles. The van der Waals surface area contributed by atoms with Gasteiger partial charge in [0.15, 0.2) is 11.4 Å². The largest absolute Gasteiger partial charge is 0.477 e. The summed E-state index contributed by atoms with van der Waals surface area (Å²) in [5.41, 5.74) is -0.769. The number of nitrogens with zero attached hydrogens (tertiary/aromatic N) is 1. The monoisotopic (exact) mass is 273 g/mol. The van der Waals surface area contributed by atoms with Crippen LogP contribution in [0.3, 0.4) is 0 Å². The van der Waals surface area contributed by atoms with Gasteiger partial charge in [0, 0.05) is 5.02 Å². The van der Waals surface area contributed by atoms with Crippen LogP contribution in [0.4, 0.5) is 0 Å². The van der Waals surface area contributed by atoms with Gasteiger partial charge in [-0.25, -0.2) is 14.6 Å². The van der Waals surface area contributed by atoms with Crippen molar-refractivity contribution in [3.63, 3.8) is 0 Å². The summed E-state index contributed by atoms with van der Waals surface area (Å²) in [6.07, 6.45) is 0. The summed E-state index contributed by atoms with van der Waals surface area (Å²) in [6, 6.07) is 2.16. The van der Waals surface area contributed by atoms with Crippen molar-refractivity contribution in [3.05, 3.63) is 28.5 Å². The van der Waals surface area contributed by atoms with Crippen molar-refractivity contribution >= 4 is 48.4 Å². The summed E-state index contributed by atoms with van der Waals surface area (Å²) in [6.45, 7) is 0. The molecule has 0 radical (unpaired) electrons. The lowest BCUT2D eigenvalue weighted by atomic mass is 10.3. The van der Waals surface area contributed by atoms with Crippen LogP contribution in [0.25, 0.3) is 0 Å². The van der Waals surface area contributed by atoms with Crippen molar-refractivity contribution in [2.45, 2.75) is 0 Å². The molecule has 5 nitrogen and oxygen atoms in total. The Bertz CT molecular complexity index is 350. The lowest BCUT2D eigenvalue weighted by molar-refractivity contribution is 0.0685. The lowest BCUT2D eigenvalue weighted by Crippen LogP contribution is -2.07. The molecule has 2 N–H and O–H groups in total. The van der Waals surface area contributed by atoms with Gasteiger partial charge in [0.25, 0.3) is 0 Å². The van der Waals surface area contributed by atoms with Crippen molar-refractivity contribution in [3.8, 4) is 0 Å². The van der Waals surface area contributed by atoms with Gasteiger partial charge in [0.2, 0.25) is 0 Å². The van der Waals surface area contributed by atoms with E-state index in [1.165, 1.54) is 0 Å². The molecule has 0 saturated carbocycles. The van der Waals surface area contributed by atoms with E-state index in [4.69, 9.17) is 21.8 Å². The van der Waals surface area contributed by atoms with Gasteiger partial charge in [0.05, 0.1) is 0 Å². The highest BCUT2D eigenvalue weighted by Gasteiger charge is 2.11. The number of hydrogen-bond donors (Lipinski definition) is 2. The summed E-state index contributed by atoms with van der Waals surface area (Å²) in [5, 5.41) is 17.0. The minimum atomic E-state index is -1.31. The molecule has 15 heavy (non-hydrogen) atoms. The second-order valence-electron chi connectivity index (χ2n) is 2.17. The SMILES string of the molecule is Cl.Cl.O=C(O)c1cc(Cl)cc(C(=O)O)n1. The van der Waals surface area contributed by atoms with E-state index in [9.17, 15) is 9.59 Å². The highest BCUT2D eigenvalue weighted by Crippen LogP contribution is 2.11. The summed E-state index contributed by atoms with van der Waals surface area (Å²) >= 11 is 5.47. The second kappa shape index (κ2) is 6.44. The molecule has 0 aliphatic carbocycles.